The van der Waals surface area contributed by atoms with Crippen molar-refractivity contribution in [3.8, 4) is 0 Å². The Bertz CT molecular complexity index is 3140. The maximum Gasteiger partial charge on any atom is 0.327 e. The first-order chi connectivity index (χ1) is 46.0. The van der Waals surface area contributed by atoms with Gasteiger partial charge >= 0.3 is 17.9 Å². The summed E-state index contributed by atoms with van der Waals surface area (Å²) >= 11 is 4.02. The summed E-state index contributed by atoms with van der Waals surface area (Å²) in [5.41, 5.74) is 25.6. The number of nitrogens with two attached hydrogens (primary N) is 4. The van der Waals surface area contributed by atoms with E-state index in [0.717, 1.165) is 0 Å². The van der Waals surface area contributed by atoms with E-state index in [2.05, 4.69) is 60.5 Å². The molecule has 0 unspecified atom stereocenters. The third-order valence-corrected chi connectivity index (χ3v) is 15.9. The minimum absolute atomic E-state index is 0.00291. The maximum absolute atomic E-state index is 14.8. The second-order valence-corrected chi connectivity index (χ2v) is 23.5. The maximum atomic E-state index is 14.8. The number of amides is 9. The molecule has 10 atom stereocenters. The number of nitrogens with one attached hydrogen (secondary N) is 9. The van der Waals surface area contributed by atoms with Gasteiger partial charge < -0.3 is 86.1 Å². The van der Waals surface area contributed by atoms with Gasteiger partial charge in [-0.25, -0.2) is 4.79 Å². The van der Waals surface area contributed by atoms with Crippen molar-refractivity contribution in [2.75, 3.05) is 25.4 Å². The number of carboxylic acids is 3. The molecule has 29 heteroatoms. The van der Waals surface area contributed by atoms with Crippen molar-refractivity contribution in [3.05, 3.63) is 144 Å². The number of hydrogen-bond acceptors (Lipinski definition) is 17. The minimum Gasteiger partial charge on any atom is -0.481 e. The molecule has 28 nitrogen and oxygen atoms in total. The molecule has 0 radical (unpaired) electrons. The van der Waals surface area contributed by atoms with Gasteiger partial charge in [0, 0.05) is 44.3 Å². The molecule has 4 aromatic carbocycles. The van der Waals surface area contributed by atoms with Crippen LogP contribution in [0.3, 0.4) is 0 Å². The fourth-order valence-electron chi connectivity index (χ4n) is 10.1. The molecule has 0 saturated carbocycles. The average Bonchev–Trinajstić information content (AvgIpc) is 1.12. The number of carboxylic acid groups (broad SMARTS) is 3. The number of carbonyl (C=O) groups excluding carboxylic acids is 9. The van der Waals surface area contributed by atoms with Crippen LogP contribution in [-0.4, -0.2) is 172 Å². The van der Waals surface area contributed by atoms with Crippen LogP contribution in [-0.2, 0) is 83.2 Å². The molecule has 0 heterocycles. The second-order valence-electron chi connectivity index (χ2n) is 23.2. The predicted octanol–water partition coefficient (Wildman–Crippen LogP) is -0.221. The van der Waals surface area contributed by atoms with Crippen molar-refractivity contribution < 1.29 is 72.9 Å². The van der Waals surface area contributed by atoms with Crippen LogP contribution in [0.25, 0.3) is 0 Å². The highest BCUT2D eigenvalue weighted by molar-refractivity contribution is 7.80. The normalized spacial score (nSPS) is 14.1. The van der Waals surface area contributed by atoms with Crippen LogP contribution in [0.1, 0.15) is 106 Å². The molecule has 4 aromatic rings. The lowest BCUT2D eigenvalue weighted by Gasteiger charge is -2.28. The number of thiol groups is 1. The molecular weight excluding hydrogens is 1260 g/mol. The highest BCUT2D eigenvalue weighted by atomic mass is 32.1. The fourth-order valence-corrected chi connectivity index (χ4v) is 10.4. The first-order valence-electron chi connectivity index (χ1n) is 32.1. The standard InChI is InChI=1S/C67H93N13O15S/c68-34-16-13-27-46(71)58(85)76-51(37-42-19-5-1-6-20-42)63(90)72-47(28-14-17-35-69)59(86)77-53(39-44-23-9-3-10-24-44)65(92)74-50(31-33-57(83)84)62(89)79-54(40-45-25-11-4-12-26-45)66(93)75-49(30-32-56(81)82)61(88)78-52(38-43-21-7-2-8-22-43)64(91)73-48(29-15-18-36-70)60(87)80-55(41-96)67(94)95/h1-12,19-26,46-55,96H,13-18,27-41,68-71H2,(H,72,90)(H,73,91)(H,74,92)(H,75,93)(H,76,85)(H,77,86)(H,78,88)(H,79,89)(H,80,87)(H,81,82)(H,83,84)(H,94,95)/t46-,47-,48-,49-,50-,51-,52-,53-,54-,55-/m0/s1. The number of hydrogen-bond donors (Lipinski definition) is 17. The third kappa shape index (κ3) is 29.6. The van der Waals surface area contributed by atoms with Gasteiger partial charge in [-0.2, -0.15) is 12.6 Å². The monoisotopic (exact) mass is 1350 g/mol. The van der Waals surface area contributed by atoms with Gasteiger partial charge in [-0.05, 0) is 106 Å². The van der Waals surface area contributed by atoms with E-state index in [4.69, 9.17) is 22.9 Å². The molecule has 0 saturated heterocycles. The lowest BCUT2D eigenvalue weighted by Crippen LogP contribution is -2.61. The first-order valence-corrected chi connectivity index (χ1v) is 32.7. The Kier molecular flexibility index (Phi) is 36.0. The highest BCUT2D eigenvalue weighted by Gasteiger charge is 2.36. The SMILES string of the molecule is NCCCC[C@H](NC(=O)[C@H](Cc1ccccc1)NC(=O)[C@H](CCC(=O)O)NC(=O)[C@H](Cc1ccccc1)NC(=O)[C@H](CCC(=O)O)NC(=O)[C@H](Cc1ccccc1)NC(=O)[C@H](CCCCN)NC(=O)[C@H](Cc1ccccc1)NC(=O)[C@@H](N)CCCCN)C(=O)N[C@@H](CS)C(=O)O. The van der Waals surface area contributed by atoms with Gasteiger partial charge in [0.1, 0.15) is 54.4 Å². The molecule has 0 aromatic heterocycles. The molecule has 4 rings (SSSR count). The van der Waals surface area contributed by atoms with Crippen LogP contribution in [0.4, 0.5) is 0 Å². The molecule has 9 amide bonds. The summed E-state index contributed by atoms with van der Waals surface area (Å²) in [6, 6.07) is 19.3. The van der Waals surface area contributed by atoms with Crippen LogP contribution in [0.2, 0.25) is 0 Å². The van der Waals surface area contributed by atoms with Gasteiger partial charge in [0.25, 0.3) is 0 Å². The molecule has 96 heavy (non-hydrogen) atoms. The Morgan fingerprint density at radius 3 is 0.792 bits per heavy atom. The van der Waals surface area contributed by atoms with Crippen molar-refractivity contribution in [1.29, 1.82) is 0 Å². The highest BCUT2D eigenvalue weighted by Crippen LogP contribution is 2.14. The predicted molar refractivity (Wildman–Crippen MR) is 360 cm³/mol. The van der Waals surface area contributed by atoms with Gasteiger partial charge in [0.05, 0.1) is 6.04 Å². The molecule has 0 fully saturated rings. The number of unbranched alkanes of at least 4 members (excludes halogenated alkanes) is 3. The van der Waals surface area contributed by atoms with E-state index in [0.29, 0.717) is 73.7 Å². The second kappa shape index (κ2) is 43.6. The van der Waals surface area contributed by atoms with Gasteiger partial charge in [-0.15, -0.1) is 0 Å². The summed E-state index contributed by atoms with van der Waals surface area (Å²) in [7, 11) is 0. The molecule has 0 aliphatic heterocycles. The summed E-state index contributed by atoms with van der Waals surface area (Å²) in [5, 5.41) is 52.9. The lowest BCUT2D eigenvalue weighted by atomic mass is 10.0. The Labute approximate surface area is 563 Å². The van der Waals surface area contributed by atoms with E-state index in [9.17, 15) is 72.9 Å². The smallest absolute Gasteiger partial charge is 0.327 e. The zero-order valence-corrected chi connectivity index (χ0v) is 54.6. The number of aliphatic carboxylic acids is 3. The van der Waals surface area contributed by atoms with E-state index in [1.54, 1.807) is 121 Å². The van der Waals surface area contributed by atoms with Gasteiger partial charge in [0.15, 0.2) is 0 Å². The molecule has 0 aliphatic carbocycles. The van der Waals surface area contributed by atoms with E-state index < -0.39 is 157 Å². The quantitative estimate of drug-likeness (QED) is 0.0201. The van der Waals surface area contributed by atoms with E-state index in [1.165, 1.54) is 0 Å². The topological polar surface area (TPSA) is 478 Å². The largest absolute Gasteiger partial charge is 0.481 e. The zero-order chi connectivity index (χ0) is 70.4. The van der Waals surface area contributed by atoms with Gasteiger partial charge in [-0.3, -0.25) is 52.7 Å². The van der Waals surface area contributed by atoms with Crippen LogP contribution in [0.5, 0.6) is 0 Å². The van der Waals surface area contributed by atoms with E-state index >= 15 is 0 Å². The summed E-state index contributed by atoms with van der Waals surface area (Å²) in [6.07, 6.45) is -0.235. The lowest BCUT2D eigenvalue weighted by molar-refractivity contribution is -0.142. The Morgan fingerprint density at radius 1 is 0.312 bits per heavy atom. The summed E-state index contributed by atoms with van der Waals surface area (Å²) in [4.78, 5) is 165. The van der Waals surface area contributed by atoms with Crippen LogP contribution < -0.4 is 70.8 Å². The molecule has 522 valence electrons. The summed E-state index contributed by atoms with van der Waals surface area (Å²) in [6.45, 7) is 0.867. The summed E-state index contributed by atoms with van der Waals surface area (Å²) in [5.74, 6) is -12.6. The van der Waals surface area contributed by atoms with E-state index in [1.807, 2.05) is 0 Å². The van der Waals surface area contributed by atoms with Crippen LogP contribution in [0.15, 0.2) is 121 Å². The van der Waals surface area contributed by atoms with Crippen LogP contribution in [0, 0.1) is 0 Å². The number of carbonyl (C=O) groups is 12. The Balaban J connectivity index is 1.69. The molecule has 0 bridgehead atoms. The Morgan fingerprint density at radius 2 is 0.542 bits per heavy atom. The first kappa shape index (κ1) is 79.1. The van der Waals surface area contributed by atoms with Crippen LogP contribution >= 0.6 is 12.6 Å². The van der Waals surface area contributed by atoms with Crippen molar-refractivity contribution in [1.82, 2.24) is 47.9 Å². The molecular formula is C67H93N13O15S. The van der Waals surface area contributed by atoms with Crippen molar-refractivity contribution >= 4 is 83.7 Å². The average molecular weight is 1350 g/mol. The molecule has 0 spiro atoms. The van der Waals surface area contributed by atoms with Gasteiger partial charge in [0.2, 0.25) is 53.2 Å². The molecule has 20 N–H and O–H groups in total. The van der Waals surface area contributed by atoms with Crippen molar-refractivity contribution in [2.45, 2.75) is 170 Å². The Hall–Kier alpha value is -9.29. The number of benzene rings is 4. The fraction of sp³-hybridized carbons (Fsp3) is 0.463. The van der Waals surface area contributed by atoms with Crippen molar-refractivity contribution in [3.63, 3.8) is 0 Å². The number of rotatable bonds is 46. The zero-order valence-electron chi connectivity index (χ0n) is 53.7. The minimum atomic E-state index is -1.74. The van der Waals surface area contributed by atoms with Gasteiger partial charge in [-0.1, -0.05) is 128 Å². The summed E-state index contributed by atoms with van der Waals surface area (Å²) < 4.78 is 0. The van der Waals surface area contributed by atoms with E-state index in [-0.39, 0.29) is 57.4 Å². The molecule has 0 aliphatic rings. The third-order valence-electron chi connectivity index (χ3n) is 15.5. The van der Waals surface area contributed by atoms with Crippen molar-refractivity contribution in [2.24, 2.45) is 22.9 Å².